The highest BCUT2D eigenvalue weighted by atomic mass is 19.3. The number of esters is 1. The molecule has 0 aliphatic heterocycles. The van der Waals surface area contributed by atoms with Gasteiger partial charge in [-0.15, -0.1) is 5.10 Å². The lowest BCUT2D eigenvalue weighted by Crippen LogP contribution is -2.08. The molecule has 1 aromatic heterocycles. The molecule has 106 valence electrons. The number of carbonyl (C=O) groups is 1. The molecular formula is C12H10F3N3O2. The van der Waals surface area contributed by atoms with Crippen LogP contribution in [0.2, 0.25) is 0 Å². The van der Waals surface area contributed by atoms with E-state index < -0.39 is 29.3 Å². The number of halogens is 3. The van der Waals surface area contributed by atoms with E-state index in [2.05, 4.69) is 15.4 Å². The third-order valence-corrected chi connectivity index (χ3v) is 2.53. The summed E-state index contributed by atoms with van der Waals surface area (Å²) in [6, 6.07) is 3.22. The minimum atomic E-state index is -2.91. The van der Waals surface area contributed by atoms with Crippen molar-refractivity contribution in [2.45, 2.75) is 13.3 Å². The molecule has 2 rings (SSSR count). The number of ether oxygens (including phenoxy) is 1. The number of alkyl halides is 2. The summed E-state index contributed by atoms with van der Waals surface area (Å²) in [5.74, 6) is -1.78. The van der Waals surface area contributed by atoms with Gasteiger partial charge in [0.15, 0.2) is 5.69 Å². The van der Waals surface area contributed by atoms with Gasteiger partial charge < -0.3 is 4.74 Å². The molecule has 5 nitrogen and oxygen atoms in total. The molecule has 1 heterocycles. The quantitative estimate of drug-likeness (QED) is 0.877. The molecule has 0 atom stereocenters. The zero-order valence-electron chi connectivity index (χ0n) is 10.4. The summed E-state index contributed by atoms with van der Waals surface area (Å²) in [5, 5.41) is 9.23. The van der Waals surface area contributed by atoms with Crippen molar-refractivity contribution in [3.8, 4) is 11.3 Å². The van der Waals surface area contributed by atoms with E-state index in [9.17, 15) is 18.0 Å². The van der Waals surface area contributed by atoms with Crippen LogP contribution in [-0.2, 0) is 4.74 Å². The predicted octanol–water partition coefficient (Wildman–Crippen LogP) is 2.73. The van der Waals surface area contributed by atoms with Gasteiger partial charge in [-0.3, -0.25) is 0 Å². The summed E-state index contributed by atoms with van der Waals surface area (Å²) in [5.41, 5.74) is -1.65. The van der Waals surface area contributed by atoms with Crippen molar-refractivity contribution in [3.05, 3.63) is 35.3 Å². The number of carbonyl (C=O) groups excluding carboxylic acids is 1. The molecule has 0 bridgehead atoms. The molecule has 1 N–H and O–H groups in total. The van der Waals surface area contributed by atoms with Crippen molar-refractivity contribution in [1.82, 2.24) is 15.4 Å². The smallest absolute Gasteiger partial charge is 0.361 e. The molecule has 0 saturated heterocycles. The lowest BCUT2D eigenvalue weighted by atomic mass is 10.0. The molecule has 20 heavy (non-hydrogen) atoms. The number of nitrogens with zero attached hydrogens (tertiary/aromatic N) is 2. The highest BCUT2D eigenvalue weighted by Crippen LogP contribution is 2.33. The summed E-state index contributed by atoms with van der Waals surface area (Å²) < 4.78 is 44.4. The number of aromatic amines is 1. The van der Waals surface area contributed by atoms with Crippen molar-refractivity contribution in [2.24, 2.45) is 0 Å². The Hall–Kier alpha value is -2.38. The highest BCUT2D eigenvalue weighted by Gasteiger charge is 2.26. The van der Waals surface area contributed by atoms with Crippen LogP contribution in [0.1, 0.15) is 29.4 Å². The van der Waals surface area contributed by atoms with Crippen LogP contribution in [0.4, 0.5) is 13.2 Å². The van der Waals surface area contributed by atoms with Gasteiger partial charge >= 0.3 is 5.97 Å². The molecule has 0 aliphatic rings. The van der Waals surface area contributed by atoms with Gasteiger partial charge in [0.2, 0.25) is 0 Å². The maximum atomic E-state index is 13.8. The lowest BCUT2D eigenvalue weighted by Gasteiger charge is -2.08. The van der Waals surface area contributed by atoms with Gasteiger partial charge in [-0.25, -0.2) is 18.0 Å². The van der Waals surface area contributed by atoms with E-state index in [0.29, 0.717) is 0 Å². The number of benzene rings is 1. The van der Waals surface area contributed by atoms with Crippen LogP contribution in [-0.4, -0.2) is 28.0 Å². The predicted molar refractivity (Wildman–Crippen MR) is 62.7 cm³/mol. The van der Waals surface area contributed by atoms with Gasteiger partial charge in [0.1, 0.15) is 11.5 Å². The summed E-state index contributed by atoms with van der Waals surface area (Å²) in [6.45, 7) is 1.65. The normalized spacial score (nSPS) is 10.8. The summed E-state index contributed by atoms with van der Waals surface area (Å²) in [6.07, 6.45) is -2.91. The van der Waals surface area contributed by atoms with Crippen LogP contribution < -0.4 is 0 Å². The van der Waals surface area contributed by atoms with Crippen LogP contribution in [0, 0.1) is 5.82 Å². The Balaban J connectivity index is 2.58. The maximum Gasteiger partial charge on any atom is 0.361 e. The summed E-state index contributed by atoms with van der Waals surface area (Å²) >= 11 is 0. The van der Waals surface area contributed by atoms with E-state index >= 15 is 0 Å². The fraction of sp³-hybridized carbons (Fsp3) is 0.250. The molecule has 1 aromatic carbocycles. The van der Waals surface area contributed by atoms with E-state index in [-0.39, 0.29) is 18.0 Å². The van der Waals surface area contributed by atoms with Gasteiger partial charge in [0.25, 0.3) is 6.43 Å². The zero-order valence-corrected chi connectivity index (χ0v) is 10.4. The van der Waals surface area contributed by atoms with E-state index in [1.165, 1.54) is 0 Å². The first-order chi connectivity index (χ1) is 9.56. The topological polar surface area (TPSA) is 67.9 Å². The van der Waals surface area contributed by atoms with E-state index in [1.807, 2.05) is 0 Å². The molecule has 8 heteroatoms. The molecule has 0 radical (unpaired) electrons. The first-order valence-electron chi connectivity index (χ1n) is 5.71. The minimum absolute atomic E-state index is 0.0735. The Morgan fingerprint density at radius 3 is 2.80 bits per heavy atom. The van der Waals surface area contributed by atoms with Gasteiger partial charge in [-0.2, -0.15) is 10.3 Å². The number of aromatic nitrogens is 3. The molecular weight excluding hydrogens is 275 g/mol. The fourth-order valence-corrected chi connectivity index (χ4v) is 1.72. The number of H-pyrrole nitrogens is 1. The standard InChI is InChI=1S/C12H10F3N3O2/c1-2-20-12(19)10-9(16-18-17-10)8-6(11(14)15)4-3-5-7(8)13/h3-5,11H,2H2,1H3,(H,16,17,18). The second kappa shape index (κ2) is 5.72. The van der Waals surface area contributed by atoms with Crippen LogP contribution in [0.5, 0.6) is 0 Å². The Labute approximate surface area is 111 Å². The summed E-state index contributed by atoms with van der Waals surface area (Å²) in [7, 11) is 0. The fourth-order valence-electron chi connectivity index (χ4n) is 1.72. The second-order valence-corrected chi connectivity index (χ2v) is 3.75. The average Bonchev–Trinajstić information content (AvgIpc) is 2.87. The third kappa shape index (κ3) is 2.49. The zero-order chi connectivity index (χ0) is 14.7. The van der Waals surface area contributed by atoms with Crippen molar-refractivity contribution in [3.63, 3.8) is 0 Å². The first kappa shape index (κ1) is 14.0. The van der Waals surface area contributed by atoms with Crippen molar-refractivity contribution >= 4 is 5.97 Å². The van der Waals surface area contributed by atoms with Gasteiger partial charge in [0, 0.05) is 11.1 Å². The lowest BCUT2D eigenvalue weighted by molar-refractivity contribution is 0.0520. The van der Waals surface area contributed by atoms with E-state index in [1.54, 1.807) is 6.92 Å². The molecule has 0 fully saturated rings. The maximum absolute atomic E-state index is 13.8. The molecule has 0 spiro atoms. The first-order valence-corrected chi connectivity index (χ1v) is 5.71. The minimum Gasteiger partial charge on any atom is -0.461 e. The molecule has 0 aliphatic carbocycles. The van der Waals surface area contributed by atoms with Gasteiger partial charge in [-0.1, -0.05) is 12.1 Å². The van der Waals surface area contributed by atoms with Gasteiger partial charge in [-0.05, 0) is 13.0 Å². The van der Waals surface area contributed by atoms with Crippen LogP contribution >= 0.6 is 0 Å². The summed E-state index contributed by atoms with van der Waals surface area (Å²) in [4.78, 5) is 11.6. The molecule has 0 saturated carbocycles. The van der Waals surface area contributed by atoms with Crippen LogP contribution in [0.25, 0.3) is 11.3 Å². The molecule has 2 aromatic rings. The SMILES string of the molecule is CCOC(=O)c1n[nH]nc1-c1c(F)cccc1C(F)F. The monoisotopic (exact) mass is 285 g/mol. The van der Waals surface area contributed by atoms with Crippen LogP contribution in [0.15, 0.2) is 18.2 Å². The molecule has 0 amide bonds. The molecule has 0 unspecified atom stereocenters. The number of rotatable bonds is 4. The van der Waals surface area contributed by atoms with Crippen LogP contribution in [0.3, 0.4) is 0 Å². The number of hydrogen-bond donors (Lipinski definition) is 1. The van der Waals surface area contributed by atoms with Crippen molar-refractivity contribution < 1.29 is 22.7 Å². The van der Waals surface area contributed by atoms with Crippen molar-refractivity contribution in [1.29, 1.82) is 0 Å². The third-order valence-electron chi connectivity index (χ3n) is 2.53. The Morgan fingerprint density at radius 1 is 1.40 bits per heavy atom. The highest BCUT2D eigenvalue weighted by molar-refractivity contribution is 5.94. The van der Waals surface area contributed by atoms with E-state index in [4.69, 9.17) is 4.74 Å². The van der Waals surface area contributed by atoms with Gasteiger partial charge in [0.05, 0.1) is 6.61 Å². The Bertz CT molecular complexity index is 628. The second-order valence-electron chi connectivity index (χ2n) is 3.75. The largest absolute Gasteiger partial charge is 0.461 e. The number of nitrogens with one attached hydrogen (secondary N) is 1. The number of hydrogen-bond acceptors (Lipinski definition) is 4. The Morgan fingerprint density at radius 2 is 2.15 bits per heavy atom. The van der Waals surface area contributed by atoms with E-state index in [0.717, 1.165) is 18.2 Å². The average molecular weight is 285 g/mol. The Kier molecular flexibility index (Phi) is 4.02. The van der Waals surface area contributed by atoms with Crippen molar-refractivity contribution in [2.75, 3.05) is 6.61 Å².